The van der Waals surface area contributed by atoms with E-state index in [0.29, 0.717) is 38.6 Å². The van der Waals surface area contributed by atoms with Gasteiger partial charge in [-0.1, -0.05) is 13.0 Å². The van der Waals surface area contributed by atoms with Crippen molar-refractivity contribution in [1.29, 1.82) is 0 Å². The molecule has 3 heterocycles. The zero-order valence-electron chi connectivity index (χ0n) is 20.1. The van der Waals surface area contributed by atoms with Gasteiger partial charge in [0.2, 0.25) is 11.8 Å². The fourth-order valence-corrected chi connectivity index (χ4v) is 4.59. The Hall–Kier alpha value is -2.92. The number of morpholine rings is 1. The lowest BCUT2D eigenvalue weighted by Gasteiger charge is -2.31. The second kappa shape index (κ2) is 11.4. The minimum Gasteiger partial charge on any atom is -0.475 e. The molecule has 1 amide bonds. The van der Waals surface area contributed by atoms with Crippen molar-refractivity contribution in [2.24, 2.45) is 16.8 Å². The van der Waals surface area contributed by atoms with Gasteiger partial charge in [0, 0.05) is 31.4 Å². The molecule has 2 unspecified atom stereocenters. The SMILES string of the molecule is CC1CCC(NC(=O)[C@H]2C=C(C(F)(F)F)N=CC2)C=C1c1cc(OCCO)nc(N2CCOCC2)c1. The molecule has 36 heavy (non-hydrogen) atoms. The summed E-state index contributed by atoms with van der Waals surface area (Å²) < 4.78 is 50.2. The summed E-state index contributed by atoms with van der Waals surface area (Å²) in [5.41, 5.74) is 0.870. The minimum absolute atomic E-state index is 0.115. The first-order chi connectivity index (χ1) is 17.2. The first kappa shape index (κ1) is 26.2. The summed E-state index contributed by atoms with van der Waals surface area (Å²) in [6, 6.07) is 3.49. The molecule has 0 radical (unpaired) electrons. The molecule has 0 spiro atoms. The number of aliphatic hydroxyl groups is 1. The molecule has 2 aliphatic heterocycles. The number of aromatic nitrogens is 1. The van der Waals surface area contributed by atoms with Crippen LogP contribution in [-0.4, -0.2) is 73.9 Å². The zero-order chi connectivity index (χ0) is 25.7. The number of aliphatic imine (C=N–C) groups is 1. The molecule has 0 saturated carbocycles. The normalized spacial score (nSPS) is 24.7. The van der Waals surface area contributed by atoms with Crippen LogP contribution in [0.25, 0.3) is 5.57 Å². The van der Waals surface area contributed by atoms with Gasteiger partial charge in [-0.15, -0.1) is 0 Å². The molecule has 8 nitrogen and oxygen atoms in total. The van der Waals surface area contributed by atoms with E-state index in [4.69, 9.17) is 9.47 Å². The number of allylic oxidation sites excluding steroid dienone is 2. The number of aliphatic hydroxyl groups excluding tert-OH is 1. The van der Waals surface area contributed by atoms with E-state index in [-0.39, 0.29) is 31.6 Å². The van der Waals surface area contributed by atoms with Crippen LogP contribution >= 0.6 is 0 Å². The Morgan fingerprint density at radius 3 is 2.75 bits per heavy atom. The van der Waals surface area contributed by atoms with Crippen molar-refractivity contribution in [3.05, 3.63) is 35.5 Å². The van der Waals surface area contributed by atoms with E-state index in [1.807, 2.05) is 18.2 Å². The van der Waals surface area contributed by atoms with Gasteiger partial charge >= 0.3 is 6.18 Å². The number of rotatable bonds is 7. The van der Waals surface area contributed by atoms with Crippen LogP contribution in [0.3, 0.4) is 0 Å². The van der Waals surface area contributed by atoms with E-state index in [2.05, 4.69) is 27.1 Å². The summed E-state index contributed by atoms with van der Waals surface area (Å²) >= 11 is 0. The van der Waals surface area contributed by atoms with Crippen molar-refractivity contribution in [2.45, 2.75) is 38.4 Å². The highest BCUT2D eigenvalue weighted by molar-refractivity contribution is 5.85. The van der Waals surface area contributed by atoms with Gasteiger partial charge in [0.15, 0.2) is 0 Å². The van der Waals surface area contributed by atoms with Gasteiger partial charge in [-0.05, 0) is 48.5 Å². The Labute approximate surface area is 207 Å². The summed E-state index contributed by atoms with van der Waals surface area (Å²) in [5, 5.41) is 12.1. The number of carbonyl (C=O) groups is 1. The van der Waals surface area contributed by atoms with Crippen molar-refractivity contribution in [2.75, 3.05) is 44.4 Å². The van der Waals surface area contributed by atoms with Crippen molar-refractivity contribution in [1.82, 2.24) is 10.3 Å². The van der Waals surface area contributed by atoms with E-state index in [0.717, 1.165) is 35.7 Å². The first-order valence-electron chi connectivity index (χ1n) is 12.2. The summed E-state index contributed by atoms with van der Waals surface area (Å²) in [5.74, 6) is -0.0262. The first-order valence-corrected chi connectivity index (χ1v) is 12.2. The summed E-state index contributed by atoms with van der Waals surface area (Å²) in [6.45, 7) is 4.67. The maximum atomic E-state index is 13.0. The number of amides is 1. The minimum atomic E-state index is -4.59. The molecular formula is C25H31F3N4O4. The molecule has 3 aliphatic rings. The van der Waals surface area contributed by atoms with Crippen molar-refractivity contribution in [3.8, 4) is 5.88 Å². The van der Waals surface area contributed by atoms with Gasteiger partial charge < -0.3 is 24.8 Å². The highest BCUT2D eigenvalue weighted by Gasteiger charge is 2.36. The van der Waals surface area contributed by atoms with Gasteiger partial charge in [0.25, 0.3) is 0 Å². The number of nitrogens with one attached hydrogen (secondary N) is 1. The number of ether oxygens (including phenoxy) is 2. The Kier molecular flexibility index (Phi) is 8.30. The standard InChI is InChI=1S/C25H31F3N4O4/c1-16-2-3-19(30-24(34)17-4-5-29-21(12-17)25(26,27)28)15-20(16)18-13-22(32-6-9-35-10-7-32)31-23(14-18)36-11-8-33/h5,12-17,19,33H,2-4,6-11H2,1H3,(H,30,34)/t16?,17-,19?/m1/s1. The van der Waals surface area contributed by atoms with E-state index in [9.17, 15) is 23.1 Å². The van der Waals surface area contributed by atoms with E-state index < -0.39 is 23.7 Å². The molecule has 4 rings (SSSR count). The number of carbonyl (C=O) groups excluding carboxylic acids is 1. The molecular weight excluding hydrogens is 477 g/mol. The van der Waals surface area contributed by atoms with Crippen molar-refractivity contribution < 1.29 is 32.5 Å². The quantitative estimate of drug-likeness (QED) is 0.588. The summed E-state index contributed by atoms with van der Waals surface area (Å²) in [7, 11) is 0. The number of pyridine rings is 1. The lowest BCUT2D eigenvalue weighted by Crippen LogP contribution is -2.40. The average Bonchev–Trinajstić information content (AvgIpc) is 2.88. The Balaban J connectivity index is 1.56. The second-order valence-corrected chi connectivity index (χ2v) is 9.14. The Morgan fingerprint density at radius 2 is 2.03 bits per heavy atom. The lowest BCUT2D eigenvalue weighted by molar-refractivity contribution is -0.124. The molecule has 1 aromatic rings. The molecule has 1 saturated heterocycles. The lowest BCUT2D eigenvalue weighted by atomic mass is 9.83. The fraction of sp³-hybridized carbons (Fsp3) is 0.560. The largest absolute Gasteiger partial charge is 0.475 e. The monoisotopic (exact) mass is 508 g/mol. The number of hydrogen-bond acceptors (Lipinski definition) is 7. The molecule has 0 aromatic carbocycles. The van der Waals surface area contributed by atoms with E-state index >= 15 is 0 Å². The molecule has 1 fully saturated rings. The van der Waals surface area contributed by atoms with Crippen molar-refractivity contribution in [3.63, 3.8) is 0 Å². The highest BCUT2D eigenvalue weighted by atomic mass is 19.4. The molecule has 0 bridgehead atoms. The smallest absolute Gasteiger partial charge is 0.433 e. The van der Waals surface area contributed by atoms with Gasteiger partial charge in [-0.25, -0.2) is 0 Å². The van der Waals surface area contributed by atoms with E-state index in [1.54, 1.807) is 0 Å². The van der Waals surface area contributed by atoms with Crippen LogP contribution in [0.5, 0.6) is 5.88 Å². The third-order valence-electron chi connectivity index (χ3n) is 6.52. The zero-order valence-corrected chi connectivity index (χ0v) is 20.1. The number of hydrogen-bond donors (Lipinski definition) is 2. The Bertz CT molecular complexity index is 1030. The number of nitrogens with zero attached hydrogens (tertiary/aromatic N) is 3. The molecule has 1 aromatic heterocycles. The third kappa shape index (κ3) is 6.44. The van der Waals surface area contributed by atoms with Gasteiger partial charge in [-0.2, -0.15) is 18.2 Å². The topological polar surface area (TPSA) is 96.3 Å². The molecule has 2 N–H and O–H groups in total. The van der Waals surface area contributed by atoms with Crippen LogP contribution < -0.4 is 15.0 Å². The molecule has 11 heteroatoms. The fourth-order valence-electron chi connectivity index (χ4n) is 4.59. The predicted molar refractivity (Wildman–Crippen MR) is 129 cm³/mol. The number of halogens is 3. The second-order valence-electron chi connectivity index (χ2n) is 9.14. The molecule has 1 aliphatic carbocycles. The average molecular weight is 509 g/mol. The summed E-state index contributed by atoms with van der Waals surface area (Å²) in [4.78, 5) is 22.9. The molecule has 3 atom stereocenters. The van der Waals surface area contributed by atoms with Crippen LogP contribution in [0, 0.1) is 11.8 Å². The van der Waals surface area contributed by atoms with Gasteiger partial charge in [0.05, 0.1) is 25.7 Å². The maximum absolute atomic E-state index is 13.0. The Morgan fingerprint density at radius 1 is 1.25 bits per heavy atom. The van der Waals surface area contributed by atoms with Gasteiger partial charge in [0.1, 0.15) is 18.1 Å². The predicted octanol–water partition coefficient (Wildman–Crippen LogP) is 3.12. The highest BCUT2D eigenvalue weighted by Crippen LogP contribution is 2.36. The third-order valence-corrected chi connectivity index (χ3v) is 6.52. The van der Waals surface area contributed by atoms with Crippen molar-refractivity contribution >= 4 is 23.5 Å². The molecule has 196 valence electrons. The van der Waals surface area contributed by atoms with Crippen LogP contribution in [-0.2, 0) is 9.53 Å². The van der Waals surface area contributed by atoms with Crippen LogP contribution in [0.2, 0.25) is 0 Å². The van der Waals surface area contributed by atoms with Crippen LogP contribution in [0.4, 0.5) is 19.0 Å². The van der Waals surface area contributed by atoms with Crippen LogP contribution in [0.1, 0.15) is 31.7 Å². The maximum Gasteiger partial charge on any atom is 0.433 e. The summed E-state index contributed by atoms with van der Waals surface area (Å²) in [6.07, 6.45) is 1.05. The van der Waals surface area contributed by atoms with Gasteiger partial charge in [-0.3, -0.25) is 9.79 Å². The van der Waals surface area contributed by atoms with Crippen LogP contribution in [0.15, 0.2) is 35.0 Å². The van der Waals surface area contributed by atoms with E-state index in [1.165, 1.54) is 0 Å². The number of alkyl halides is 3. The number of anilines is 1.